The Labute approximate surface area is 175 Å². The summed E-state index contributed by atoms with van der Waals surface area (Å²) in [7, 11) is 0. The van der Waals surface area contributed by atoms with Gasteiger partial charge in [-0.05, 0) is 92.3 Å². The number of hydrogen-bond donors (Lipinski definition) is 3. The molecule has 0 bridgehead atoms. The molecule has 0 spiro atoms. The van der Waals surface area contributed by atoms with E-state index in [1.54, 1.807) is 51.4 Å². The lowest BCUT2D eigenvalue weighted by molar-refractivity contribution is -0.139. The smallest absolute Gasteiger partial charge is 0.320 e. The topological polar surface area (TPSA) is 101 Å². The van der Waals surface area contributed by atoms with Crippen molar-refractivity contribution in [1.82, 2.24) is 0 Å². The molecule has 0 aromatic carbocycles. The van der Waals surface area contributed by atoms with Crippen LogP contribution in [0.5, 0.6) is 0 Å². The van der Waals surface area contributed by atoms with Gasteiger partial charge in [0.2, 0.25) is 0 Å². The van der Waals surface area contributed by atoms with Gasteiger partial charge < -0.3 is 15.9 Å². The summed E-state index contributed by atoms with van der Waals surface area (Å²) in [6.45, 7) is 5.33. The molecule has 7 atom stereocenters. The van der Waals surface area contributed by atoms with Gasteiger partial charge in [0.25, 0.3) is 0 Å². The van der Waals surface area contributed by atoms with E-state index < -0.39 is 18.0 Å². The molecule has 4 N–H and O–H groups in total. The normalized spacial score (nSPS) is 41.8. The maximum absolute atomic E-state index is 9.99. The second-order valence-electron chi connectivity index (χ2n) is 10.9. The second kappa shape index (κ2) is 8.95. The Morgan fingerprint density at radius 2 is 1.69 bits per heavy atom. The molecule has 0 radical (unpaired) electrons. The molecule has 5 nitrogen and oxygen atoms in total. The van der Waals surface area contributed by atoms with Crippen LogP contribution in [0.3, 0.4) is 0 Å². The van der Waals surface area contributed by atoms with Gasteiger partial charge in [0.05, 0.1) is 0 Å². The molecule has 4 aliphatic rings. The Morgan fingerprint density at radius 1 is 0.931 bits per heavy atom. The summed E-state index contributed by atoms with van der Waals surface area (Å²) in [5.74, 6) is 2.21. The van der Waals surface area contributed by atoms with Gasteiger partial charge in [-0.2, -0.15) is 0 Å². The molecule has 0 aromatic rings. The van der Waals surface area contributed by atoms with Crippen molar-refractivity contribution in [2.24, 2.45) is 40.2 Å². The van der Waals surface area contributed by atoms with Crippen molar-refractivity contribution < 1.29 is 19.8 Å². The number of rotatable bonds is 4. The predicted octanol–water partition coefficient (Wildman–Crippen LogP) is 5.07. The first kappa shape index (κ1) is 22.6. The Balaban J connectivity index is 0.000000207. The summed E-state index contributed by atoms with van der Waals surface area (Å²) >= 11 is 0. The van der Waals surface area contributed by atoms with E-state index in [2.05, 4.69) is 13.8 Å². The fourth-order valence-corrected chi connectivity index (χ4v) is 7.69. The summed E-state index contributed by atoms with van der Waals surface area (Å²) in [6, 6.07) is -1.06. The van der Waals surface area contributed by atoms with E-state index in [1.165, 1.54) is 19.3 Å². The van der Waals surface area contributed by atoms with Gasteiger partial charge in [0, 0.05) is 6.42 Å². The molecule has 4 saturated carbocycles. The second-order valence-corrected chi connectivity index (χ2v) is 10.9. The highest BCUT2D eigenvalue weighted by atomic mass is 16.4. The van der Waals surface area contributed by atoms with Crippen molar-refractivity contribution in [3.8, 4) is 0 Å². The fourth-order valence-electron chi connectivity index (χ4n) is 7.69. The van der Waals surface area contributed by atoms with Crippen molar-refractivity contribution in [1.29, 1.82) is 0 Å². The monoisotopic (exact) mass is 407 g/mol. The van der Waals surface area contributed by atoms with Crippen LogP contribution in [0.25, 0.3) is 0 Å². The molecule has 1 unspecified atom stereocenters. The highest BCUT2D eigenvalue weighted by Crippen LogP contribution is 2.66. The lowest BCUT2D eigenvalue weighted by Gasteiger charge is -2.60. The minimum absolute atomic E-state index is 0.0231. The van der Waals surface area contributed by atoms with E-state index in [1.807, 2.05) is 0 Å². The Hall–Kier alpha value is -1.10. The molecule has 4 aliphatic carbocycles. The van der Waals surface area contributed by atoms with Crippen LogP contribution < -0.4 is 5.73 Å². The van der Waals surface area contributed by atoms with Gasteiger partial charge >= 0.3 is 11.9 Å². The number of hydrogen-bond acceptors (Lipinski definition) is 3. The third-order valence-corrected chi connectivity index (χ3v) is 9.35. The number of aliphatic carboxylic acids is 2. The standard InChI is InChI=1S/C19H32.C5H9NO4/c1-18-11-5-7-16(18)15-9-8-14-6-3-4-12-19(14,2)17(15)10-13-18;6-3(5(9)10)1-2-4(7)8/h14-17H,3-13H2,1-2H3;3H,1-2,6H2,(H,7,8)(H,9,10)/t14?,15-,16-,17-,18-,19-;3-/m00/s1. The number of carboxylic acids is 2. The van der Waals surface area contributed by atoms with Crippen molar-refractivity contribution >= 4 is 11.9 Å². The summed E-state index contributed by atoms with van der Waals surface area (Å²) in [4.78, 5) is 19.9. The van der Waals surface area contributed by atoms with E-state index in [4.69, 9.17) is 15.9 Å². The van der Waals surface area contributed by atoms with Gasteiger partial charge in [-0.15, -0.1) is 0 Å². The maximum atomic E-state index is 9.99. The maximum Gasteiger partial charge on any atom is 0.320 e. The Morgan fingerprint density at radius 3 is 2.38 bits per heavy atom. The van der Waals surface area contributed by atoms with E-state index in [0.717, 1.165) is 34.5 Å². The molecule has 166 valence electrons. The van der Waals surface area contributed by atoms with Crippen LogP contribution in [-0.2, 0) is 9.59 Å². The molecule has 0 saturated heterocycles. The van der Waals surface area contributed by atoms with Crippen molar-refractivity contribution in [3.05, 3.63) is 0 Å². The first-order valence-corrected chi connectivity index (χ1v) is 11.9. The molecule has 4 fully saturated rings. The minimum Gasteiger partial charge on any atom is -0.481 e. The van der Waals surface area contributed by atoms with E-state index in [0.29, 0.717) is 0 Å². The molecule has 4 rings (SSSR count). The lowest BCUT2D eigenvalue weighted by atomic mass is 9.45. The average Bonchev–Trinajstić information content (AvgIpc) is 3.07. The zero-order valence-electron chi connectivity index (χ0n) is 18.4. The Kier molecular flexibility index (Phi) is 6.97. The third kappa shape index (κ3) is 4.65. The van der Waals surface area contributed by atoms with E-state index in [-0.39, 0.29) is 12.8 Å². The highest BCUT2D eigenvalue weighted by molar-refractivity contribution is 5.74. The van der Waals surface area contributed by atoms with Crippen LogP contribution in [0.15, 0.2) is 0 Å². The number of nitrogens with two attached hydrogens (primary N) is 1. The molecule has 29 heavy (non-hydrogen) atoms. The summed E-state index contributed by atoms with van der Waals surface area (Å²) in [5, 5.41) is 16.3. The van der Waals surface area contributed by atoms with Crippen LogP contribution in [0.4, 0.5) is 0 Å². The average molecular weight is 408 g/mol. The predicted molar refractivity (Wildman–Crippen MR) is 113 cm³/mol. The van der Waals surface area contributed by atoms with Crippen molar-refractivity contribution in [2.45, 2.75) is 103 Å². The van der Waals surface area contributed by atoms with Crippen molar-refractivity contribution in [3.63, 3.8) is 0 Å². The first-order chi connectivity index (χ1) is 13.7. The van der Waals surface area contributed by atoms with E-state index >= 15 is 0 Å². The number of carboxylic acid groups (broad SMARTS) is 2. The molecule has 0 amide bonds. The van der Waals surface area contributed by atoms with Gasteiger partial charge in [0.1, 0.15) is 6.04 Å². The largest absolute Gasteiger partial charge is 0.481 e. The van der Waals surface area contributed by atoms with Crippen LogP contribution in [0.1, 0.15) is 97.3 Å². The molecule has 0 aromatic heterocycles. The van der Waals surface area contributed by atoms with Gasteiger partial charge in [0.15, 0.2) is 0 Å². The van der Waals surface area contributed by atoms with Crippen LogP contribution in [0.2, 0.25) is 0 Å². The van der Waals surface area contributed by atoms with Crippen LogP contribution in [0, 0.1) is 34.5 Å². The quantitative estimate of drug-likeness (QED) is 0.604. The first-order valence-electron chi connectivity index (χ1n) is 11.9. The minimum atomic E-state index is -1.17. The third-order valence-electron chi connectivity index (χ3n) is 9.35. The van der Waals surface area contributed by atoms with Crippen LogP contribution >= 0.6 is 0 Å². The highest BCUT2D eigenvalue weighted by Gasteiger charge is 2.56. The molecular formula is C24H41NO4. The molecular weight excluding hydrogens is 366 g/mol. The molecule has 5 heteroatoms. The van der Waals surface area contributed by atoms with Crippen LogP contribution in [-0.4, -0.2) is 28.2 Å². The molecule has 0 aliphatic heterocycles. The summed E-state index contributed by atoms with van der Waals surface area (Å²) in [5.41, 5.74) is 6.49. The number of carbonyl (C=O) groups is 2. The van der Waals surface area contributed by atoms with E-state index in [9.17, 15) is 9.59 Å². The Bertz CT molecular complexity index is 608. The number of fused-ring (bicyclic) bond motifs is 5. The summed E-state index contributed by atoms with van der Waals surface area (Å²) < 4.78 is 0. The SMILES string of the molecule is C[C@@]12CCC[C@H]1[C@@H]1CCC3CCCC[C@]3(C)[C@H]1CC2.N[C@@H](CCC(=O)O)C(=O)O. The zero-order valence-corrected chi connectivity index (χ0v) is 18.4. The lowest BCUT2D eigenvalue weighted by Crippen LogP contribution is -2.51. The summed E-state index contributed by atoms with van der Waals surface area (Å²) in [6.07, 6.45) is 16.9. The fraction of sp³-hybridized carbons (Fsp3) is 0.917. The zero-order chi connectivity index (χ0) is 21.2. The van der Waals surface area contributed by atoms with Gasteiger partial charge in [-0.1, -0.05) is 33.1 Å². The van der Waals surface area contributed by atoms with Crippen molar-refractivity contribution in [2.75, 3.05) is 0 Å². The molecule has 0 heterocycles. The van der Waals surface area contributed by atoms with Gasteiger partial charge in [-0.3, -0.25) is 9.59 Å². The van der Waals surface area contributed by atoms with Gasteiger partial charge in [-0.25, -0.2) is 0 Å².